The van der Waals surface area contributed by atoms with Crippen LogP contribution in [0.5, 0.6) is 0 Å². The van der Waals surface area contributed by atoms with E-state index < -0.39 is 0 Å². The first-order valence-corrected chi connectivity index (χ1v) is 10.2. The molecule has 0 amide bonds. The van der Waals surface area contributed by atoms with Gasteiger partial charge in [0.2, 0.25) is 0 Å². The maximum atomic E-state index is 9.04. The molecule has 2 saturated carbocycles. The summed E-state index contributed by atoms with van der Waals surface area (Å²) in [7, 11) is 0. The molecule has 0 atom stereocenters. The fraction of sp³-hybridized carbons (Fsp3) is 0.950. The number of hydrogen-bond donors (Lipinski definition) is 2. The van der Waals surface area contributed by atoms with Gasteiger partial charge in [0, 0.05) is 19.0 Å². The van der Waals surface area contributed by atoms with E-state index in [0.717, 1.165) is 36.5 Å². The zero-order valence-electron chi connectivity index (χ0n) is 14.9. The molecule has 1 saturated heterocycles. The average Bonchev–Trinajstić information content (AvgIpc) is 2.63. The molecular weight excluding hydrogens is 282 g/mol. The van der Waals surface area contributed by atoms with Crippen molar-refractivity contribution in [2.75, 3.05) is 13.1 Å². The Balaban J connectivity index is 1.38. The molecule has 2 N–H and O–H groups in total. The quantitative estimate of drug-likeness (QED) is 0.822. The van der Waals surface area contributed by atoms with Crippen LogP contribution in [0.1, 0.15) is 71.1 Å². The zero-order chi connectivity index (χ0) is 16.1. The van der Waals surface area contributed by atoms with E-state index >= 15 is 0 Å². The van der Waals surface area contributed by atoms with Gasteiger partial charge in [-0.25, -0.2) is 0 Å². The van der Waals surface area contributed by atoms with Crippen LogP contribution in [0.15, 0.2) is 0 Å². The first-order valence-electron chi connectivity index (χ1n) is 10.2. The number of nitrogens with one attached hydrogen (secondary N) is 2. The van der Waals surface area contributed by atoms with Crippen molar-refractivity contribution in [1.29, 1.82) is 5.26 Å². The van der Waals surface area contributed by atoms with Crippen LogP contribution in [-0.2, 0) is 0 Å². The van der Waals surface area contributed by atoms with Crippen LogP contribution in [0, 0.1) is 40.9 Å². The molecule has 1 heterocycles. The molecule has 3 aliphatic rings. The first-order chi connectivity index (χ1) is 11.3. The number of rotatable bonds is 4. The summed E-state index contributed by atoms with van der Waals surface area (Å²) < 4.78 is 0. The highest BCUT2D eigenvalue weighted by Crippen LogP contribution is 2.36. The summed E-state index contributed by atoms with van der Waals surface area (Å²) in [5.74, 6) is 3.85. The summed E-state index contributed by atoms with van der Waals surface area (Å²) in [6.45, 7) is 4.74. The molecule has 0 spiro atoms. The maximum Gasteiger partial charge on any atom is 0.0655 e. The van der Waals surface area contributed by atoms with Gasteiger partial charge in [0.15, 0.2) is 0 Å². The minimum Gasteiger partial charge on any atom is -0.301 e. The Hall–Kier alpha value is -0.590. The Bertz CT molecular complexity index is 378. The molecule has 0 unspecified atom stereocenters. The van der Waals surface area contributed by atoms with Crippen LogP contribution in [0.2, 0.25) is 0 Å². The lowest BCUT2D eigenvalue weighted by atomic mass is 9.73. The van der Waals surface area contributed by atoms with Crippen LogP contribution in [0.3, 0.4) is 0 Å². The third-order valence-electron chi connectivity index (χ3n) is 6.88. The summed E-state index contributed by atoms with van der Waals surface area (Å²) in [5.41, 5.74) is 0. The van der Waals surface area contributed by atoms with Gasteiger partial charge in [-0.2, -0.15) is 5.26 Å². The largest absolute Gasteiger partial charge is 0.301 e. The second-order valence-corrected chi connectivity index (χ2v) is 8.36. The van der Waals surface area contributed by atoms with Crippen molar-refractivity contribution in [3.63, 3.8) is 0 Å². The van der Waals surface area contributed by atoms with E-state index in [2.05, 4.69) is 23.6 Å². The number of hydrogen-bond acceptors (Lipinski definition) is 3. The molecule has 3 heteroatoms. The maximum absolute atomic E-state index is 9.04. The average molecular weight is 318 g/mol. The van der Waals surface area contributed by atoms with E-state index in [4.69, 9.17) is 5.26 Å². The summed E-state index contributed by atoms with van der Waals surface area (Å²) in [6.07, 6.45) is 13.8. The number of nitriles is 1. The van der Waals surface area contributed by atoms with Gasteiger partial charge in [-0.3, -0.25) is 0 Å². The van der Waals surface area contributed by atoms with Gasteiger partial charge < -0.3 is 10.6 Å². The first kappa shape index (κ1) is 17.2. The van der Waals surface area contributed by atoms with E-state index in [1.807, 2.05) is 0 Å². The molecule has 3 rings (SSSR count). The van der Waals surface area contributed by atoms with Crippen molar-refractivity contribution >= 4 is 0 Å². The third-order valence-corrected chi connectivity index (χ3v) is 6.88. The standard InChI is InChI=1S/C20H35N3/c1-2-3-15-4-8-17(9-5-15)19-13-22-20(23-14-19)18-10-6-16(12-21)7-11-18/h15-20,22-23H,2-11,13-14H2,1H3. The summed E-state index contributed by atoms with van der Waals surface area (Å²) >= 11 is 0. The molecule has 1 aliphatic heterocycles. The Kier molecular flexibility index (Phi) is 6.36. The van der Waals surface area contributed by atoms with Gasteiger partial charge in [0.1, 0.15) is 0 Å². The fourth-order valence-corrected chi connectivity index (χ4v) is 5.31. The number of nitrogens with zero attached hydrogens (tertiary/aromatic N) is 1. The van der Waals surface area contributed by atoms with Crippen molar-refractivity contribution < 1.29 is 0 Å². The fourth-order valence-electron chi connectivity index (χ4n) is 5.31. The summed E-state index contributed by atoms with van der Waals surface area (Å²) in [6, 6.07) is 2.45. The van der Waals surface area contributed by atoms with E-state index in [1.165, 1.54) is 64.5 Å². The van der Waals surface area contributed by atoms with Crippen LogP contribution in [-0.4, -0.2) is 19.3 Å². The smallest absolute Gasteiger partial charge is 0.0655 e. The highest BCUT2D eigenvalue weighted by Gasteiger charge is 2.34. The minimum absolute atomic E-state index is 0.320. The minimum atomic E-state index is 0.320. The third kappa shape index (κ3) is 4.48. The molecule has 0 aromatic heterocycles. The molecule has 3 nitrogen and oxygen atoms in total. The van der Waals surface area contributed by atoms with E-state index in [0.29, 0.717) is 12.1 Å². The van der Waals surface area contributed by atoms with Gasteiger partial charge in [-0.05, 0) is 62.2 Å². The topological polar surface area (TPSA) is 47.9 Å². The van der Waals surface area contributed by atoms with Crippen molar-refractivity contribution in [2.45, 2.75) is 77.3 Å². The highest BCUT2D eigenvalue weighted by atomic mass is 15.2. The molecule has 23 heavy (non-hydrogen) atoms. The Morgan fingerprint density at radius 2 is 1.43 bits per heavy atom. The molecule has 3 fully saturated rings. The highest BCUT2D eigenvalue weighted by molar-refractivity contribution is 4.92. The molecule has 0 aromatic carbocycles. The van der Waals surface area contributed by atoms with Gasteiger partial charge >= 0.3 is 0 Å². The molecule has 0 radical (unpaired) electrons. The van der Waals surface area contributed by atoms with E-state index in [9.17, 15) is 0 Å². The van der Waals surface area contributed by atoms with Crippen molar-refractivity contribution in [3.8, 4) is 6.07 Å². The molecule has 130 valence electrons. The Labute approximate surface area is 142 Å². The molecule has 0 bridgehead atoms. The van der Waals surface area contributed by atoms with Gasteiger partial charge in [-0.1, -0.05) is 32.6 Å². The van der Waals surface area contributed by atoms with Crippen LogP contribution in [0.4, 0.5) is 0 Å². The molecule has 0 aromatic rings. The van der Waals surface area contributed by atoms with Crippen molar-refractivity contribution in [2.24, 2.45) is 29.6 Å². The normalized spacial score (nSPS) is 42.1. The van der Waals surface area contributed by atoms with Crippen LogP contribution >= 0.6 is 0 Å². The lowest BCUT2D eigenvalue weighted by Crippen LogP contribution is -2.58. The monoisotopic (exact) mass is 317 g/mol. The Morgan fingerprint density at radius 3 is 2.00 bits per heavy atom. The Morgan fingerprint density at radius 1 is 0.826 bits per heavy atom. The van der Waals surface area contributed by atoms with Crippen molar-refractivity contribution in [3.05, 3.63) is 0 Å². The van der Waals surface area contributed by atoms with Gasteiger partial charge in [-0.15, -0.1) is 0 Å². The second kappa shape index (κ2) is 8.49. The molecule has 2 aliphatic carbocycles. The SMILES string of the molecule is CCCC1CCC(C2CNC(C3CCC(C#N)CC3)NC2)CC1. The lowest BCUT2D eigenvalue weighted by molar-refractivity contribution is 0.126. The van der Waals surface area contributed by atoms with Crippen LogP contribution in [0.25, 0.3) is 0 Å². The summed E-state index contributed by atoms with van der Waals surface area (Å²) in [5, 5.41) is 16.7. The van der Waals surface area contributed by atoms with Crippen molar-refractivity contribution in [1.82, 2.24) is 10.6 Å². The predicted octanol–water partition coefficient (Wildman–Crippen LogP) is 4.06. The van der Waals surface area contributed by atoms with Gasteiger partial charge in [0.05, 0.1) is 12.2 Å². The summed E-state index contributed by atoms with van der Waals surface area (Å²) in [4.78, 5) is 0. The predicted molar refractivity (Wildman–Crippen MR) is 94.7 cm³/mol. The van der Waals surface area contributed by atoms with E-state index in [1.54, 1.807) is 0 Å². The van der Waals surface area contributed by atoms with Crippen LogP contribution < -0.4 is 10.6 Å². The zero-order valence-corrected chi connectivity index (χ0v) is 14.9. The van der Waals surface area contributed by atoms with Gasteiger partial charge in [0.25, 0.3) is 0 Å². The second-order valence-electron chi connectivity index (χ2n) is 8.36. The van der Waals surface area contributed by atoms with E-state index in [-0.39, 0.29) is 0 Å². The molecular formula is C20H35N3. The lowest BCUT2D eigenvalue weighted by Gasteiger charge is -2.42.